The molecule has 0 aliphatic heterocycles. The first kappa shape index (κ1) is 13.0. The van der Waals surface area contributed by atoms with Crippen LogP contribution in [0.2, 0.25) is 0 Å². The minimum Gasteiger partial charge on any atom is -0.0910 e. The van der Waals surface area contributed by atoms with Gasteiger partial charge in [0.1, 0.15) is 0 Å². The van der Waals surface area contributed by atoms with E-state index in [1.54, 1.807) is 11.8 Å². The molecule has 2 aliphatic carbocycles. The van der Waals surface area contributed by atoms with E-state index < -0.39 is 0 Å². The summed E-state index contributed by atoms with van der Waals surface area (Å²) in [7, 11) is 0. The normalized spacial score (nSPS) is 31.1. The SMILES string of the molecule is C/C=C/[C]1C2CCCC2[C](c2ccccc2)C1(C)C. The minimum absolute atomic E-state index is 0.226. The molecule has 2 radical (unpaired) electrons. The molecule has 0 heteroatoms. The summed E-state index contributed by atoms with van der Waals surface area (Å²) in [6.07, 6.45) is 8.76. The average molecular weight is 252 g/mol. The largest absolute Gasteiger partial charge is 0.0910 e. The van der Waals surface area contributed by atoms with E-state index in [0.29, 0.717) is 0 Å². The Morgan fingerprint density at radius 1 is 1.05 bits per heavy atom. The lowest BCUT2D eigenvalue weighted by atomic mass is 9.70. The zero-order chi connectivity index (χ0) is 13.5. The van der Waals surface area contributed by atoms with Crippen LogP contribution in [-0.4, -0.2) is 0 Å². The fourth-order valence-corrected chi connectivity index (χ4v) is 4.46. The average Bonchev–Trinajstić information content (AvgIpc) is 2.92. The Bertz CT molecular complexity index is 454. The number of allylic oxidation sites excluding steroid dienone is 2. The first-order valence-corrected chi connectivity index (χ1v) is 7.59. The van der Waals surface area contributed by atoms with Crippen LogP contribution in [0.25, 0.3) is 0 Å². The summed E-state index contributed by atoms with van der Waals surface area (Å²) in [5.41, 5.74) is 1.69. The van der Waals surface area contributed by atoms with Gasteiger partial charge in [-0.2, -0.15) is 0 Å². The second kappa shape index (κ2) is 4.81. The Labute approximate surface area is 117 Å². The van der Waals surface area contributed by atoms with Crippen molar-refractivity contribution in [3.63, 3.8) is 0 Å². The van der Waals surface area contributed by atoms with E-state index in [1.807, 2.05) is 0 Å². The first-order chi connectivity index (χ1) is 9.16. The van der Waals surface area contributed by atoms with Crippen LogP contribution in [0.4, 0.5) is 0 Å². The van der Waals surface area contributed by atoms with Crippen LogP contribution >= 0.6 is 0 Å². The molecule has 2 unspecified atom stereocenters. The molecule has 0 aromatic heterocycles. The smallest absolute Gasteiger partial charge is 0.0149 e. The molecule has 19 heavy (non-hydrogen) atoms. The van der Waals surface area contributed by atoms with Gasteiger partial charge in [-0.25, -0.2) is 0 Å². The highest BCUT2D eigenvalue weighted by molar-refractivity contribution is 5.48. The van der Waals surface area contributed by atoms with Gasteiger partial charge in [-0.3, -0.25) is 0 Å². The maximum atomic E-state index is 2.42. The summed E-state index contributed by atoms with van der Waals surface area (Å²) >= 11 is 0. The second-order valence-electron chi connectivity index (χ2n) is 6.50. The quantitative estimate of drug-likeness (QED) is 0.677. The Morgan fingerprint density at radius 3 is 2.42 bits per heavy atom. The summed E-state index contributed by atoms with van der Waals surface area (Å²) in [5, 5.41) is 0. The fraction of sp³-hybridized carbons (Fsp3) is 0.474. The third kappa shape index (κ3) is 1.96. The Kier molecular flexibility index (Phi) is 3.28. The molecule has 0 nitrogen and oxygen atoms in total. The highest BCUT2D eigenvalue weighted by Gasteiger charge is 2.56. The van der Waals surface area contributed by atoms with Gasteiger partial charge in [0.2, 0.25) is 0 Å². The predicted molar refractivity (Wildman–Crippen MR) is 81.5 cm³/mol. The van der Waals surface area contributed by atoms with Crippen molar-refractivity contribution in [2.24, 2.45) is 17.3 Å². The van der Waals surface area contributed by atoms with E-state index in [2.05, 4.69) is 63.3 Å². The van der Waals surface area contributed by atoms with Gasteiger partial charge in [-0.1, -0.05) is 62.8 Å². The molecule has 2 saturated carbocycles. The molecule has 1 aromatic carbocycles. The summed E-state index contributed by atoms with van der Waals surface area (Å²) in [6.45, 7) is 6.99. The summed E-state index contributed by atoms with van der Waals surface area (Å²) < 4.78 is 0. The zero-order valence-corrected chi connectivity index (χ0v) is 12.3. The van der Waals surface area contributed by atoms with E-state index in [9.17, 15) is 0 Å². The fourth-order valence-electron chi connectivity index (χ4n) is 4.46. The Morgan fingerprint density at radius 2 is 1.74 bits per heavy atom. The van der Waals surface area contributed by atoms with Gasteiger partial charge in [0.25, 0.3) is 0 Å². The number of hydrogen-bond donors (Lipinski definition) is 0. The monoisotopic (exact) mass is 252 g/mol. The van der Waals surface area contributed by atoms with Crippen LogP contribution in [0.3, 0.4) is 0 Å². The summed E-state index contributed by atoms with van der Waals surface area (Å²) in [4.78, 5) is 0. The van der Waals surface area contributed by atoms with Gasteiger partial charge >= 0.3 is 0 Å². The van der Waals surface area contributed by atoms with Crippen molar-refractivity contribution in [1.29, 1.82) is 0 Å². The molecule has 1 aromatic rings. The van der Waals surface area contributed by atoms with Crippen molar-refractivity contribution in [3.05, 3.63) is 59.9 Å². The molecule has 100 valence electrons. The molecular formula is C19H24. The van der Waals surface area contributed by atoms with Gasteiger partial charge < -0.3 is 0 Å². The molecule has 2 fully saturated rings. The first-order valence-electron chi connectivity index (χ1n) is 7.59. The number of fused-ring (bicyclic) bond motifs is 1. The molecule has 3 rings (SSSR count). The highest BCUT2D eigenvalue weighted by atomic mass is 14.6. The maximum Gasteiger partial charge on any atom is 0.0149 e. The molecule has 0 bridgehead atoms. The lowest BCUT2D eigenvalue weighted by Crippen LogP contribution is -2.25. The van der Waals surface area contributed by atoms with E-state index in [-0.39, 0.29) is 5.41 Å². The van der Waals surface area contributed by atoms with E-state index in [4.69, 9.17) is 0 Å². The minimum atomic E-state index is 0.226. The van der Waals surface area contributed by atoms with Gasteiger partial charge in [0.15, 0.2) is 0 Å². The van der Waals surface area contributed by atoms with Crippen LogP contribution in [0.5, 0.6) is 0 Å². The lowest BCUT2D eigenvalue weighted by Gasteiger charge is -2.33. The molecule has 0 heterocycles. The van der Waals surface area contributed by atoms with Crippen molar-refractivity contribution in [1.82, 2.24) is 0 Å². The number of rotatable bonds is 2. The van der Waals surface area contributed by atoms with Crippen molar-refractivity contribution < 1.29 is 0 Å². The van der Waals surface area contributed by atoms with Crippen LogP contribution < -0.4 is 0 Å². The van der Waals surface area contributed by atoms with Crippen molar-refractivity contribution >= 4 is 0 Å². The van der Waals surface area contributed by atoms with Crippen molar-refractivity contribution in [2.45, 2.75) is 40.0 Å². The van der Waals surface area contributed by atoms with Crippen LogP contribution in [-0.2, 0) is 0 Å². The van der Waals surface area contributed by atoms with Gasteiger partial charge in [-0.15, -0.1) is 0 Å². The Hall–Kier alpha value is -1.04. The van der Waals surface area contributed by atoms with Crippen LogP contribution in [0.15, 0.2) is 42.5 Å². The summed E-state index contributed by atoms with van der Waals surface area (Å²) in [5.74, 6) is 4.92. The second-order valence-corrected chi connectivity index (χ2v) is 6.50. The molecule has 2 aliphatic rings. The van der Waals surface area contributed by atoms with Crippen molar-refractivity contribution in [2.75, 3.05) is 0 Å². The Balaban J connectivity index is 2.03. The van der Waals surface area contributed by atoms with E-state index in [0.717, 1.165) is 11.8 Å². The maximum absolute atomic E-state index is 2.42. The zero-order valence-electron chi connectivity index (χ0n) is 12.3. The molecule has 0 amide bonds. The standard InChI is InChI=1S/C19H24/c1-4-9-17-15-12-8-13-16(15)18(19(17,2)3)14-10-6-5-7-11-14/h4-7,9-11,15-16H,8,12-13H2,1-3H3/b9-4+. The third-order valence-corrected chi connectivity index (χ3v) is 5.11. The molecule has 0 N–H and O–H groups in total. The number of hydrogen-bond acceptors (Lipinski definition) is 0. The molecule has 0 saturated heterocycles. The van der Waals surface area contributed by atoms with Gasteiger partial charge in [0.05, 0.1) is 0 Å². The summed E-state index contributed by atoms with van der Waals surface area (Å²) in [6, 6.07) is 11.1. The van der Waals surface area contributed by atoms with Crippen LogP contribution in [0, 0.1) is 29.1 Å². The third-order valence-electron chi connectivity index (χ3n) is 5.11. The molecular weight excluding hydrogens is 228 g/mol. The van der Waals surface area contributed by atoms with E-state index in [1.165, 1.54) is 24.8 Å². The molecule has 0 spiro atoms. The van der Waals surface area contributed by atoms with E-state index >= 15 is 0 Å². The topological polar surface area (TPSA) is 0 Å². The van der Waals surface area contributed by atoms with Gasteiger partial charge in [0, 0.05) is 11.8 Å². The molecule has 2 atom stereocenters. The lowest BCUT2D eigenvalue weighted by molar-refractivity contribution is 0.441. The highest BCUT2D eigenvalue weighted by Crippen LogP contribution is 2.64. The number of benzene rings is 1. The van der Waals surface area contributed by atoms with Gasteiger partial charge in [-0.05, 0) is 42.6 Å². The van der Waals surface area contributed by atoms with Crippen LogP contribution in [0.1, 0.15) is 45.6 Å². The van der Waals surface area contributed by atoms with Crippen molar-refractivity contribution in [3.8, 4) is 0 Å². The predicted octanol–water partition coefficient (Wildman–Crippen LogP) is 5.22.